The summed E-state index contributed by atoms with van der Waals surface area (Å²) in [6.45, 7) is 32.8. The van der Waals surface area contributed by atoms with Gasteiger partial charge in [-0.05, 0) is 108 Å². The van der Waals surface area contributed by atoms with Gasteiger partial charge in [0.2, 0.25) is 65.0 Å². The van der Waals surface area contributed by atoms with Crippen LogP contribution in [0.15, 0.2) is 12.2 Å². The summed E-state index contributed by atoms with van der Waals surface area (Å²) in [6, 6.07) is -13.6. The standard InChI is InChI=1S/C63H113N11O12/c1-26-29-30-40(16)52(75)51-56(79)66-44(27-2)59(82)68(20)43(19)58(81)74(28-3)49(38(12)13)55(78)67-48(37(10)11)62(85)69(21)45(31-34(4)5)54(77)64-41(17)53(76)65-42(18)57(80)70(22)46(32-35(6)7)60(83)71(23)47(33-36(8)9)61(84)72(24)50(39(14)15)63(86)73(51)25/h26,29,34-52,75H,27-28,30-33H2,1-25H3,(H,64,77)(H,65,76)(H,66,79)(H,67,78)/b29-26+/t40-,41+,42-,43-,44+,45+,46+,47+,48+,49-,50+,51+,52-/m1/s1. The topological polar surface area (TPSA) is 279 Å². The Morgan fingerprint density at radius 1 is 0.442 bits per heavy atom. The van der Waals surface area contributed by atoms with Gasteiger partial charge in [-0.1, -0.05) is 109 Å². The number of amides is 11. The van der Waals surface area contributed by atoms with Crippen molar-refractivity contribution in [3.8, 4) is 0 Å². The predicted octanol–water partition coefficient (Wildman–Crippen LogP) is 3.66. The van der Waals surface area contributed by atoms with Crippen molar-refractivity contribution in [2.24, 2.45) is 41.4 Å². The Kier molecular flexibility index (Phi) is 31.7. The van der Waals surface area contributed by atoms with Crippen molar-refractivity contribution in [2.45, 2.75) is 236 Å². The number of rotatable bonds is 15. The molecule has 1 aliphatic rings. The normalized spacial score (nSPS) is 27.6. The molecule has 0 aromatic rings. The van der Waals surface area contributed by atoms with Crippen molar-refractivity contribution in [2.75, 3.05) is 48.8 Å². The quantitative estimate of drug-likeness (QED) is 0.147. The molecule has 1 saturated heterocycles. The van der Waals surface area contributed by atoms with Crippen LogP contribution in [-0.2, 0) is 52.7 Å². The first-order valence-corrected chi connectivity index (χ1v) is 31.1. The monoisotopic (exact) mass is 1220 g/mol. The molecule has 1 fully saturated rings. The number of likely N-dealkylation sites (N-methyl/N-ethyl adjacent to an activating group) is 7. The lowest BCUT2D eigenvalue weighted by Gasteiger charge is -2.41. The molecule has 0 aliphatic carbocycles. The van der Waals surface area contributed by atoms with Crippen LogP contribution in [0.5, 0.6) is 0 Å². The molecule has 0 unspecified atom stereocenters. The van der Waals surface area contributed by atoms with E-state index in [1.54, 1.807) is 75.3 Å². The molecule has 86 heavy (non-hydrogen) atoms. The summed E-state index contributed by atoms with van der Waals surface area (Å²) in [5, 5.41) is 23.2. The fourth-order valence-electron chi connectivity index (χ4n) is 11.1. The molecule has 0 aromatic carbocycles. The van der Waals surface area contributed by atoms with Crippen LogP contribution < -0.4 is 21.3 Å². The zero-order valence-electron chi connectivity index (χ0n) is 56.9. The van der Waals surface area contributed by atoms with Crippen LogP contribution in [0.1, 0.15) is 164 Å². The van der Waals surface area contributed by atoms with Crippen LogP contribution in [0.3, 0.4) is 0 Å². The molecule has 0 aromatic heterocycles. The van der Waals surface area contributed by atoms with Crippen LogP contribution in [-0.4, -0.2) is 226 Å². The Morgan fingerprint density at radius 2 is 0.872 bits per heavy atom. The van der Waals surface area contributed by atoms with Gasteiger partial charge in [-0.2, -0.15) is 0 Å². The maximum atomic E-state index is 15.2. The summed E-state index contributed by atoms with van der Waals surface area (Å²) in [7, 11) is 8.53. The minimum absolute atomic E-state index is 0.0109. The van der Waals surface area contributed by atoms with Crippen LogP contribution in [0.2, 0.25) is 0 Å². The molecule has 13 atom stereocenters. The highest BCUT2D eigenvalue weighted by Crippen LogP contribution is 2.26. The van der Waals surface area contributed by atoms with E-state index in [1.165, 1.54) is 92.5 Å². The van der Waals surface area contributed by atoms with Gasteiger partial charge in [0.25, 0.3) is 0 Å². The summed E-state index contributed by atoms with van der Waals surface area (Å²) in [4.78, 5) is 170. The van der Waals surface area contributed by atoms with E-state index in [-0.39, 0.29) is 50.0 Å². The maximum absolute atomic E-state index is 15.2. The third-order valence-electron chi connectivity index (χ3n) is 16.6. The molecule has 1 heterocycles. The van der Waals surface area contributed by atoms with E-state index in [4.69, 9.17) is 0 Å². The molecule has 11 amide bonds. The number of allylic oxidation sites excluding steroid dienone is 2. The van der Waals surface area contributed by atoms with E-state index in [2.05, 4.69) is 21.3 Å². The molecule has 0 bridgehead atoms. The van der Waals surface area contributed by atoms with Crippen molar-refractivity contribution in [1.82, 2.24) is 55.6 Å². The number of hydrogen-bond donors (Lipinski definition) is 5. The average molecular weight is 1220 g/mol. The fourth-order valence-corrected chi connectivity index (χ4v) is 11.1. The molecule has 0 saturated carbocycles. The van der Waals surface area contributed by atoms with Crippen molar-refractivity contribution in [1.29, 1.82) is 0 Å². The number of aliphatic hydroxyl groups excluding tert-OH is 1. The molecule has 492 valence electrons. The van der Waals surface area contributed by atoms with Crippen molar-refractivity contribution in [3.05, 3.63) is 12.2 Å². The minimum atomic E-state index is -1.62. The number of carbonyl (C=O) groups is 11. The molecule has 0 spiro atoms. The molecule has 0 radical (unpaired) electrons. The third kappa shape index (κ3) is 20.5. The summed E-state index contributed by atoms with van der Waals surface area (Å²) in [6.07, 6.45) is 2.87. The van der Waals surface area contributed by atoms with E-state index >= 15 is 9.59 Å². The maximum Gasteiger partial charge on any atom is 0.246 e. The zero-order chi connectivity index (χ0) is 66.8. The van der Waals surface area contributed by atoms with Crippen molar-refractivity contribution in [3.63, 3.8) is 0 Å². The van der Waals surface area contributed by atoms with Crippen molar-refractivity contribution >= 4 is 65.0 Å². The molecule has 23 nitrogen and oxygen atoms in total. The lowest BCUT2D eigenvalue weighted by molar-refractivity contribution is -0.157. The Hall–Kier alpha value is -6.13. The molecular formula is C63H113N11O12. The number of nitrogens with one attached hydrogen (secondary N) is 4. The average Bonchev–Trinajstić information content (AvgIpc) is 1.38. The summed E-state index contributed by atoms with van der Waals surface area (Å²) >= 11 is 0. The molecule has 5 N–H and O–H groups in total. The summed E-state index contributed by atoms with van der Waals surface area (Å²) < 4.78 is 0. The zero-order valence-corrected chi connectivity index (χ0v) is 56.9. The van der Waals surface area contributed by atoms with Gasteiger partial charge in [-0.3, -0.25) is 52.7 Å². The number of carbonyl (C=O) groups excluding carboxylic acids is 11. The van der Waals surface area contributed by atoms with Gasteiger partial charge in [0.15, 0.2) is 0 Å². The molecule has 23 heteroatoms. The van der Waals surface area contributed by atoms with E-state index in [1.807, 2.05) is 47.6 Å². The Labute approximate surface area is 515 Å². The van der Waals surface area contributed by atoms with Crippen LogP contribution in [0, 0.1) is 41.4 Å². The third-order valence-corrected chi connectivity index (χ3v) is 16.6. The largest absolute Gasteiger partial charge is 0.390 e. The van der Waals surface area contributed by atoms with Gasteiger partial charge < -0.3 is 60.7 Å². The lowest BCUT2D eigenvalue weighted by atomic mass is 9.91. The summed E-state index contributed by atoms with van der Waals surface area (Å²) in [5.74, 6) is -10.1. The Morgan fingerprint density at radius 3 is 1.31 bits per heavy atom. The van der Waals surface area contributed by atoms with Gasteiger partial charge in [-0.25, -0.2) is 0 Å². The second-order valence-corrected chi connectivity index (χ2v) is 26.2. The van der Waals surface area contributed by atoms with Gasteiger partial charge in [0.1, 0.15) is 66.5 Å². The second-order valence-electron chi connectivity index (χ2n) is 26.2. The first-order valence-electron chi connectivity index (χ1n) is 31.1. The molecular weight excluding hydrogens is 1100 g/mol. The van der Waals surface area contributed by atoms with E-state index < -0.39 is 161 Å². The van der Waals surface area contributed by atoms with Crippen molar-refractivity contribution < 1.29 is 57.8 Å². The number of nitrogens with zero attached hydrogens (tertiary/aromatic N) is 7. The second kappa shape index (κ2) is 35.0. The molecule has 1 rings (SSSR count). The van der Waals surface area contributed by atoms with Crippen LogP contribution in [0.25, 0.3) is 0 Å². The smallest absolute Gasteiger partial charge is 0.246 e. The lowest BCUT2D eigenvalue weighted by Crippen LogP contribution is -2.64. The number of aliphatic hydroxyl groups is 1. The van der Waals surface area contributed by atoms with E-state index in [0.29, 0.717) is 6.42 Å². The van der Waals surface area contributed by atoms with Gasteiger partial charge >= 0.3 is 0 Å². The number of hydrogen-bond acceptors (Lipinski definition) is 12. The van der Waals surface area contributed by atoms with Gasteiger partial charge in [0, 0.05) is 48.8 Å². The van der Waals surface area contributed by atoms with E-state index in [9.17, 15) is 48.3 Å². The Balaban J connectivity index is 4.39. The fraction of sp³-hybridized carbons (Fsp3) is 0.794. The Bertz CT molecular complexity index is 2360. The first kappa shape index (κ1) is 77.9. The first-order chi connectivity index (χ1) is 39.7. The van der Waals surface area contributed by atoms with Crippen LogP contribution in [0.4, 0.5) is 0 Å². The highest BCUT2D eigenvalue weighted by Gasteiger charge is 2.46. The SMILES string of the molecule is C/C=C/C[C@@H](C)[C@@H](O)[C@H]1C(=O)N[C@@H](CC)C(=O)N(C)[C@H](C)C(=O)N(CC)[C@H](C(C)C)C(=O)N[C@@H](C(C)C)C(=O)N(C)[C@@H](CC(C)C)C(=O)N[C@@H](C)C(=O)N[C@H](C)C(=O)N(C)[C@@H](CC(C)C)C(=O)N(C)[C@@H](CC(C)C)C(=O)N(C)[C@@H](C(C)C)C(=O)N1C. The van der Waals surface area contributed by atoms with Gasteiger partial charge in [0.05, 0.1) is 6.10 Å². The summed E-state index contributed by atoms with van der Waals surface area (Å²) in [5.41, 5.74) is 0. The van der Waals surface area contributed by atoms with Crippen LogP contribution >= 0.6 is 0 Å². The minimum Gasteiger partial charge on any atom is -0.390 e. The highest BCUT2D eigenvalue weighted by atomic mass is 16.3. The van der Waals surface area contributed by atoms with E-state index in [0.717, 1.165) is 4.90 Å². The predicted molar refractivity (Wildman–Crippen MR) is 333 cm³/mol. The highest BCUT2D eigenvalue weighted by molar-refractivity contribution is 6.00. The molecule has 1 aliphatic heterocycles. The van der Waals surface area contributed by atoms with Gasteiger partial charge in [-0.15, -0.1) is 0 Å².